The van der Waals surface area contributed by atoms with Gasteiger partial charge in [-0.1, -0.05) is 12.1 Å². The van der Waals surface area contributed by atoms with Gasteiger partial charge in [0.05, 0.1) is 11.3 Å². The summed E-state index contributed by atoms with van der Waals surface area (Å²) < 4.78 is 13.8. The van der Waals surface area contributed by atoms with E-state index in [-0.39, 0.29) is 11.6 Å². The Morgan fingerprint density at radius 3 is 2.76 bits per heavy atom. The number of benzene rings is 2. The molecule has 2 aromatic carbocycles. The predicted molar refractivity (Wildman–Crippen MR) is 81.8 cm³/mol. The number of nitrogens with one attached hydrogen (secondary N) is 1. The van der Waals surface area contributed by atoms with E-state index in [0.29, 0.717) is 11.3 Å². The first kappa shape index (κ1) is 13.2. The topological polar surface area (TPSA) is 62.1 Å². The van der Waals surface area contributed by atoms with Gasteiger partial charge in [-0.05, 0) is 30.3 Å². The highest BCUT2D eigenvalue weighted by Gasteiger charge is 2.19. The minimum atomic E-state index is -0.433. The fourth-order valence-electron chi connectivity index (χ4n) is 2.33. The third-order valence-electron chi connectivity index (χ3n) is 3.45. The quantitative estimate of drug-likeness (QED) is 0.710. The van der Waals surface area contributed by atoms with Crippen LogP contribution in [0.5, 0.6) is 0 Å². The van der Waals surface area contributed by atoms with Crippen LogP contribution >= 0.6 is 0 Å². The van der Waals surface area contributed by atoms with Crippen molar-refractivity contribution in [2.45, 2.75) is 0 Å². The lowest BCUT2D eigenvalue weighted by atomic mass is 10.1. The summed E-state index contributed by atoms with van der Waals surface area (Å²) in [6.07, 6.45) is 1.61. The molecule has 0 saturated carbocycles. The first-order chi connectivity index (χ1) is 10.1. The molecule has 1 aromatic heterocycles. The summed E-state index contributed by atoms with van der Waals surface area (Å²) in [6, 6.07) is 11.5. The van der Waals surface area contributed by atoms with Gasteiger partial charge in [0.1, 0.15) is 5.82 Å². The van der Waals surface area contributed by atoms with Crippen LogP contribution in [0.4, 0.5) is 15.8 Å². The summed E-state index contributed by atoms with van der Waals surface area (Å²) in [4.78, 5) is 16.9. The Balaban J connectivity index is 2.03. The highest BCUT2D eigenvalue weighted by atomic mass is 19.1. The van der Waals surface area contributed by atoms with Gasteiger partial charge in [-0.15, -0.1) is 0 Å². The van der Waals surface area contributed by atoms with Gasteiger partial charge in [0.25, 0.3) is 5.91 Å². The number of para-hydroxylation sites is 1. The largest absolute Gasteiger partial charge is 0.399 e. The maximum absolute atomic E-state index is 13.8. The van der Waals surface area contributed by atoms with Gasteiger partial charge < -0.3 is 15.6 Å². The standard InChI is InChI=1S/C16H14FN3O/c1-20(15-5-3-2-4-13(15)17)16(21)12-9-19-14-8-10(18)6-7-11(12)14/h2-9,19H,18H2,1H3. The van der Waals surface area contributed by atoms with Gasteiger partial charge in [-0.25, -0.2) is 4.39 Å². The second-order valence-electron chi connectivity index (χ2n) is 4.82. The van der Waals surface area contributed by atoms with Crippen LogP contribution in [-0.2, 0) is 0 Å². The number of nitrogens with two attached hydrogens (primary N) is 1. The molecule has 1 heterocycles. The van der Waals surface area contributed by atoms with Crippen LogP contribution in [-0.4, -0.2) is 17.9 Å². The molecular formula is C16H14FN3O. The third kappa shape index (κ3) is 2.23. The first-order valence-electron chi connectivity index (χ1n) is 6.47. The van der Waals surface area contributed by atoms with Crippen molar-refractivity contribution >= 4 is 28.2 Å². The monoisotopic (exact) mass is 283 g/mol. The molecule has 0 bridgehead atoms. The summed E-state index contributed by atoms with van der Waals surface area (Å²) in [5.41, 5.74) is 7.83. The van der Waals surface area contributed by atoms with E-state index < -0.39 is 5.82 Å². The van der Waals surface area contributed by atoms with Crippen molar-refractivity contribution in [2.24, 2.45) is 0 Å². The molecule has 5 heteroatoms. The van der Waals surface area contributed by atoms with Crippen LogP contribution in [0.15, 0.2) is 48.7 Å². The zero-order valence-electron chi connectivity index (χ0n) is 11.4. The molecule has 0 aliphatic rings. The predicted octanol–water partition coefficient (Wildman–Crippen LogP) is 3.17. The molecule has 0 aliphatic carbocycles. The number of nitrogen functional groups attached to an aromatic ring is 1. The third-order valence-corrected chi connectivity index (χ3v) is 3.45. The molecule has 21 heavy (non-hydrogen) atoms. The highest BCUT2D eigenvalue weighted by Crippen LogP contribution is 2.24. The molecule has 0 atom stereocenters. The number of aromatic nitrogens is 1. The number of carbonyl (C=O) groups is 1. The van der Waals surface area contributed by atoms with Gasteiger partial charge in [0, 0.05) is 29.8 Å². The minimum absolute atomic E-state index is 0.243. The number of rotatable bonds is 2. The average Bonchev–Trinajstić information content (AvgIpc) is 2.89. The molecule has 3 rings (SSSR count). The number of H-pyrrole nitrogens is 1. The number of anilines is 2. The summed E-state index contributed by atoms with van der Waals surface area (Å²) >= 11 is 0. The minimum Gasteiger partial charge on any atom is -0.399 e. The molecule has 3 N–H and O–H groups in total. The first-order valence-corrected chi connectivity index (χ1v) is 6.47. The number of halogens is 1. The van der Waals surface area contributed by atoms with Gasteiger partial charge in [0.15, 0.2) is 0 Å². The zero-order chi connectivity index (χ0) is 15.0. The number of fused-ring (bicyclic) bond motifs is 1. The molecule has 4 nitrogen and oxygen atoms in total. The van der Waals surface area contributed by atoms with E-state index in [4.69, 9.17) is 5.73 Å². The van der Waals surface area contributed by atoms with E-state index in [1.54, 1.807) is 49.6 Å². The van der Waals surface area contributed by atoms with E-state index in [1.165, 1.54) is 11.0 Å². The zero-order valence-corrected chi connectivity index (χ0v) is 11.4. The second kappa shape index (κ2) is 4.94. The van der Waals surface area contributed by atoms with Crippen molar-refractivity contribution in [3.8, 4) is 0 Å². The molecule has 1 amide bonds. The number of amides is 1. The van der Waals surface area contributed by atoms with Gasteiger partial charge in [0.2, 0.25) is 0 Å². The van der Waals surface area contributed by atoms with E-state index in [9.17, 15) is 9.18 Å². The van der Waals surface area contributed by atoms with Crippen molar-refractivity contribution < 1.29 is 9.18 Å². The summed E-state index contributed by atoms with van der Waals surface area (Å²) in [5, 5.41) is 0.761. The summed E-state index contributed by atoms with van der Waals surface area (Å²) in [6.45, 7) is 0. The van der Waals surface area contributed by atoms with Crippen molar-refractivity contribution in [3.05, 3.63) is 60.0 Å². The van der Waals surface area contributed by atoms with Gasteiger partial charge in [-0.3, -0.25) is 4.79 Å². The Morgan fingerprint density at radius 2 is 2.00 bits per heavy atom. The lowest BCUT2D eigenvalue weighted by molar-refractivity contribution is 0.0994. The van der Waals surface area contributed by atoms with Crippen LogP contribution in [0.2, 0.25) is 0 Å². The average molecular weight is 283 g/mol. The van der Waals surface area contributed by atoms with Crippen molar-refractivity contribution in [3.63, 3.8) is 0 Å². The second-order valence-corrected chi connectivity index (χ2v) is 4.82. The fraction of sp³-hybridized carbons (Fsp3) is 0.0625. The Labute approximate surface area is 121 Å². The van der Waals surface area contributed by atoms with Crippen LogP contribution in [0, 0.1) is 5.82 Å². The van der Waals surface area contributed by atoms with Crippen molar-refractivity contribution in [1.29, 1.82) is 0 Å². The molecule has 0 spiro atoms. The van der Waals surface area contributed by atoms with Gasteiger partial charge >= 0.3 is 0 Å². The highest BCUT2D eigenvalue weighted by molar-refractivity contribution is 6.14. The van der Waals surface area contributed by atoms with E-state index in [2.05, 4.69) is 4.98 Å². The number of carbonyl (C=O) groups excluding carboxylic acids is 1. The molecule has 106 valence electrons. The van der Waals surface area contributed by atoms with Crippen LogP contribution in [0.1, 0.15) is 10.4 Å². The number of nitrogens with zero attached hydrogens (tertiary/aromatic N) is 1. The molecule has 3 aromatic rings. The van der Waals surface area contributed by atoms with Crippen molar-refractivity contribution in [2.75, 3.05) is 17.7 Å². The van der Waals surface area contributed by atoms with E-state index >= 15 is 0 Å². The number of aromatic amines is 1. The Bertz CT molecular complexity index is 825. The van der Waals surface area contributed by atoms with Gasteiger partial charge in [-0.2, -0.15) is 0 Å². The normalized spacial score (nSPS) is 10.8. The molecule has 0 unspecified atom stereocenters. The SMILES string of the molecule is CN(C(=O)c1c[nH]c2cc(N)ccc12)c1ccccc1F. The summed E-state index contributed by atoms with van der Waals surface area (Å²) in [7, 11) is 1.55. The Kier molecular flexibility index (Phi) is 3.10. The van der Waals surface area contributed by atoms with E-state index in [0.717, 1.165) is 10.9 Å². The molecule has 0 fully saturated rings. The maximum Gasteiger partial charge on any atom is 0.260 e. The smallest absolute Gasteiger partial charge is 0.260 e. The maximum atomic E-state index is 13.8. The Hall–Kier alpha value is -2.82. The van der Waals surface area contributed by atoms with Crippen molar-refractivity contribution in [1.82, 2.24) is 4.98 Å². The molecule has 0 saturated heterocycles. The van der Waals surface area contributed by atoms with E-state index in [1.807, 2.05) is 0 Å². The summed E-state index contributed by atoms with van der Waals surface area (Å²) in [5.74, 6) is -0.714. The molecular weight excluding hydrogens is 269 g/mol. The number of hydrogen-bond donors (Lipinski definition) is 2. The molecule has 0 aliphatic heterocycles. The Morgan fingerprint density at radius 1 is 1.24 bits per heavy atom. The van der Waals surface area contributed by atoms with Crippen LogP contribution < -0.4 is 10.6 Å². The lowest BCUT2D eigenvalue weighted by Gasteiger charge is -2.17. The van der Waals surface area contributed by atoms with Crippen LogP contribution in [0.3, 0.4) is 0 Å². The molecule has 0 radical (unpaired) electrons. The number of hydrogen-bond acceptors (Lipinski definition) is 2. The fourth-order valence-corrected chi connectivity index (χ4v) is 2.33. The van der Waals surface area contributed by atoms with Crippen LogP contribution in [0.25, 0.3) is 10.9 Å². The lowest BCUT2D eigenvalue weighted by Crippen LogP contribution is -2.26.